The number of rotatable bonds is 4. The van der Waals surface area contributed by atoms with Crippen LogP contribution in [0.3, 0.4) is 0 Å². The predicted octanol–water partition coefficient (Wildman–Crippen LogP) is 5.06. The summed E-state index contributed by atoms with van der Waals surface area (Å²) in [6.07, 6.45) is -3.16. The SMILES string of the molecule is COc1nnc(-c2ccc3occ(-c4ccc(OC(F)(F)F)cc4)c3c2)o1. The summed E-state index contributed by atoms with van der Waals surface area (Å²) >= 11 is 0. The molecule has 2 aromatic heterocycles. The van der Waals surface area contributed by atoms with E-state index in [1.807, 2.05) is 0 Å². The van der Waals surface area contributed by atoms with Gasteiger partial charge in [-0.05, 0) is 35.9 Å². The van der Waals surface area contributed by atoms with E-state index in [1.54, 1.807) is 18.2 Å². The fourth-order valence-electron chi connectivity index (χ4n) is 2.63. The Morgan fingerprint density at radius 1 is 0.963 bits per heavy atom. The number of ether oxygens (including phenoxy) is 2. The summed E-state index contributed by atoms with van der Waals surface area (Å²) in [6, 6.07) is 10.8. The van der Waals surface area contributed by atoms with Gasteiger partial charge in [-0.1, -0.05) is 17.2 Å². The summed E-state index contributed by atoms with van der Waals surface area (Å²) in [7, 11) is 1.42. The third-order valence-electron chi connectivity index (χ3n) is 3.80. The van der Waals surface area contributed by atoms with Crippen LogP contribution in [0.5, 0.6) is 11.8 Å². The van der Waals surface area contributed by atoms with Crippen molar-refractivity contribution in [2.45, 2.75) is 6.36 Å². The summed E-state index contributed by atoms with van der Waals surface area (Å²) in [5, 5.41) is 8.38. The van der Waals surface area contributed by atoms with E-state index in [2.05, 4.69) is 14.9 Å². The lowest BCUT2D eigenvalue weighted by atomic mass is 10.0. The first-order valence-electron chi connectivity index (χ1n) is 7.68. The molecule has 0 aliphatic rings. The molecule has 0 bridgehead atoms. The standard InChI is InChI=1S/C18H11F3N2O4/c1-24-17-23-22-16(26-17)11-4-7-15-13(8-11)14(9-25-15)10-2-5-12(6-3-10)27-18(19,20)21/h2-9H,1H3. The van der Waals surface area contributed by atoms with Gasteiger partial charge in [0.05, 0.1) is 13.4 Å². The van der Waals surface area contributed by atoms with Gasteiger partial charge in [0.2, 0.25) is 0 Å². The third kappa shape index (κ3) is 3.43. The summed E-state index contributed by atoms with van der Waals surface area (Å²) in [6.45, 7) is 0. The second kappa shape index (κ2) is 6.35. The molecule has 4 aromatic rings. The summed E-state index contributed by atoms with van der Waals surface area (Å²) in [5.41, 5.74) is 2.63. The predicted molar refractivity (Wildman–Crippen MR) is 88.2 cm³/mol. The molecule has 27 heavy (non-hydrogen) atoms. The zero-order chi connectivity index (χ0) is 19.0. The van der Waals surface area contributed by atoms with Crippen LogP contribution in [-0.4, -0.2) is 23.7 Å². The van der Waals surface area contributed by atoms with Crippen LogP contribution in [-0.2, 0) is 0 Å². The highest BCUT2D eigenvalue weighted by Crippen LogP contribution is 2.35. The average molecular weight is 376 g/mol. The molecule has 0 unspecified atom stereocenters. The van der Waals surface area contributed by atoms with E-state index in [1.165, 1.54) is 37.6 Å². The molecule has 0 N–H and O–H groups in total. The Labute approximate surface area is 150 Å². The zero-order valence-electron chi connectivity index (χ0n) is 13.8. The van der Waals surface area contributed by atoms with E-state index >= 15 is 0 Å². The first-order chi connectivity index (χ1) is 12.9. The van der Waals surface area contributed by atoms with Gasteiger partial charge in [0, 0.05) is 16.5 Å². The number of halogens is 3. The monoisotopic (exact) mass is 376 g/mol. The minimum absolute atomic E-state index is 0.0396. The fraction of sp³-hybridized carbons (Fsp3) is 0.111. The maximum absolute atomic E-state index is 12.3. The Hall–Kier alpha value is -3.49. The molecular weight excluding hydrogens is 365 g/mol. The van der Waals surface area contributed by atoms with Crippen LogP contribution in [0.1, 0.15) is 0 Å². The molecule has 0 amide bonds. The molecule has 4 rings (SSSR count). The maximum Gasteiger partial charge on any atom is 0.573 e. The number of benzene rings is 2. The van der Waals surface area contributed by atoms with E-state index in [0.717, 1.165) is 5.39 Å². The van der Waals surface area contributed by atoms with Crippen molar-refractivity contribution in [3.63, 3.8) is 0 Å². The smallest absolute Gasteiger partial charge is 0.464 e. The Bertz CT molecular complexity index is 1080. The second-order valence-corrected chi connectivity index (χ2v) is 5.51. The van der Waals surface area contributed by atoms with Crippen molar-refractivity contribution in [2.75, 3.05) is 7.11 Å². The third-order valence-corrected chi connectivity index (χ3v) is 3.80. The van der Waals surface area contributed by atoms with Crippen LogP contribution >= 0.6 is 0 Å². The van der Waals surface area contributed by atoms with Crippen LogP contribution in [0, 0.1) is 0 Å². The van der Waals surface area contributed by atoms with E-state index in [9.17, 15) is 13.2 Å². The molecule has 0 spiro atoms. The number of hydrogen-bond acceptors (Lipinski definition) is 6. The molecule has 0 radical (unpaired) electrons. The molecule has 2 aromatic carbocycles. The van der Waals surface area contributed by atoms with E-state index < -0.39 is 6.36 Å². The molecule has 6 nitrogen and oxygen atoms in total. The van der Waals surface area contributed by atoms with Crippen LogP contribution < -0.4 is 9.47 Å². The van der Waals surface area contributed by atoms with Crippen LogP contribution in [0.4, 0.5) is 13.2 Å². The van der Waals surface area contributed by atoms with Gasteiger partial charge in [0.1, 0.15) is 11.3 Å². The number of furan rings is 1. The van der Waals surface area contributed by atoms with Crippen molar-refractivity contribution in [2.24, 2.45) is 0 Å². The highest BCUT2D eigenvalue weighted by molar-refractivity contribution is 5.96. The van der Waals surface area contributed by atoms with Crippen molar-refractivity contribution >= 4 is 11.0 Å². The van der Waals surface area contributed by atoms with E-state index in [-0.39, 0.29) is 17.7 Å². The number of hydrogen-bond donors (Lipinski definition) is 0. The van der Waals surface area contributed by atoms with Crippen molar-refractivity contribution in [3.8, 4) is 34.4 Å². The first kappa shape index (κ1) is 17.0. The quantitative estimate of drug-likeness (QED) is 0.496. The van der Waals surface area contributed by atoms with E-state index in [0.29, 0.717) is 22.3 Å². The van der Waals surface area contributed by atoms with Gasteiger partial charge in [-0.2, -0.15) is 0 Å². The molecule has 0 saturated carbocycles. The number of aromatic nitrogens is 2. The fourth-order valence-corrected chi connectivity index (χ4v) is 2.63. The highest BCUT2D eigenvalue weighted by Gasteiger charge is 2.31. The summed E-state index contributed by atoms with van der Waals surface area (Å²) < 4.78 is 56.5. The average Bonchev–Trinajstić information content (AvgIpc) is 3.27. The molecule has 0 aliphatic heterocycles. The molecule has 0 atom stereocenters. The lowest BCUT2D eigenvalue weighted by molar-refractivity contribution is -0.274. The zero-order valence-corrected chi connectivity index (χ0v) is 13.8. The highest BCUT2D eigenvalue weighted by atomic mass is 19.4. The summed E-state index contributed by atoms with van der Waals surface area (Å²) in [5.74, 6) is -0.0208. The van der Waals surface area contributed by atoms with Gasteiger partial charge in [-0.15, -0.1) is 18.3 Å². The Morgan fingerprint density at radius 2 is 1.70 bits per heavy atom. The van der Waals surface area contributed by atoms with Crippen molar-refractivity contribution in [3.05, 3.63) is 48.7 Å². The van der Waals surface area contributed by atoms with Gasteiger partial charge in [-0.3, -0.25) is 0 Å². The van der Waals surface area contributed by atoms with Crippen LogP contribution in [0.2, 0.25) is 0 Å². The minimum Gasteiger partial charge on any atom is -0.464 e. The van der Waals surface area contributed by atoms with Crippen molar-refractivity contribution < 1.29 is 31.5 Å². The summed E-state index contributed by atoms with van der Waals surface area (Å²) in [4.78, 5) is 0. The Kier molecular flexibility index (Phi) is 3.98. The first-order valence-corrected chi connectivity index (χ1v) is 7.68. The van der Waals surface area contributed by atoms with Gasteiger partial charge >= 0.3 is 12.4 Å². The van der Waals surface area contributed by atoms with Crippen LogP contribution in [0.25, 0.3) is 33.6 Å². The molecule has 0 fully saturated rings. The number of alkyl halides is 3. The largest absolute Gasteiger partial charge is 0.573 e. The van der Waals surface area contributed by atoms with Gasteiger partial charge < -0.3 is 18.3 Å². The van der Waals surface area contributed by atoms with Crippen molar-refractivity contribution in [1.29, 1.82) is 0 Å². The lowest BCUT2D eigenvalue weighted by Gasteiger charge is -2.09. The number of nitrogens with zero attached hydrogens (tertiary/aromatic N) is 2. The Morgan fingerprint density at radius 3 is 2.37 bits per heavy atom. The van der Waals surface area contributed by atoms with Gasteiger partial charge in [0.15, 0.2) is 0 Å². The molecular formula is C18H11F3N2O4. The maximum atomic E-state index is 12.3. The molecule has 0 aliphatic carbocycles. The van der Waals surface area contributed by atoms with Gasteiger partial charge in [-0.25, -0.2) is 0 Å². The topological polar surface area (TPSA) is 70.5 Å². The minimum atomic E-state index is -4.73. The number of methoxy groups -OCH3 is 1. The Balaban J connectivity index is 1.70. The number of fused-ring (bicyclic) bond motifs is 1. The lowest BCUT2D eigenvalue weighted by Crippen LogP contribution is -2.16. The molecule has 138 valence electrons. The normalized spacial score (nSPS) is 11.7. The van der Waals surface area contributed by atoms with Crippen molar-refractivity contribution in [1.82, 2.24) is 10.2 Å². The van der Waals surface area contributed by atoms with E-state index in [4.69, 9.17) is 13.6 Å². The molecule has 2 heterocycles. The molecule has 0 saturated heterocycles. The van der Waals surface area contributed by atoms with Crippen LogP contribution in [0.15, 0.2) is 57.6 Å². The molecule has 9 heteroatoms. The van der Waals surface area contributed by atoms with Gasteiger partial charge in [0.25, 0.3) is 5.89 Å². The second-order valence-electron chi connectivity index (χ2n) is 5.51.